The molecule has 1 aliphatic rings. The molecule has 1 fully saturated rings. The smallest absolute Gasteiger partial charge is 0.229 e. The van der Waals surface area contributed by atoms with Crippen molar-refractivity contribution in [2.75, 3.05) is 0 Å². The number of rotatable bonds is 3. The van der Waals surface area contributed by atoms with Crippen molar-refractivity contribution in [3.8, 4) is 0 Å². The highest BCUT2D eigenvalue weighted by molar-refractivity contribution is 6.30. The van der Waals surface area contributed by atoms with Crippen molar-refractivity contribution in [3.63, 3.8) is 0 Å². The molecular weight excluding hydrogens is 238 g/mol. The SMILES string of the molecule is NC(c1ccc(Cl)cc1)c1noc(C2CC2)n1. The van der Waals surface area contributed by atoms with Crippen LogP contribution >= 0.6 is 11.6 Å². The first-order valence-corrected chi connectivity index (χ1v) is 5.96. The van der Waals surface area contributed by atoms with Crippen molar-refractivity contribution in [3.05, 3.63) is 46.6 Å². The number of benzene rings is 1. The zero-order chi connectivity index (χ0) is 11.8. The van der Waals surface area contributed by atoms with Crippen molar-refractivity contribution in [1.29, 1.82) is 0 Å². The average Bonchev–Trinajstić information content (AvgIpc) is 3.07. The molecule has 4 nitrogen and oxygen atoms in total. The van der Waals surface area contributed by atoms with Gasteiger partial charge in [-0.2, -0.15) is 4.98 Å². The normalized spacial score (nSPS) is 17.1. The molecule has 1 saturated carbocycles. The molecule has 1 aromatic heterocycles. The summed E-state index contributed by atoms with van der Waals surface area (Å²) in [7, 11) is 0. The maximum atomic E-state index is 6.07. The number of halogens is 1. The highest BCUT2D eigenvalue weighted by Crippen LogP contribution is 2.39. The number of aromatic nitrogens is 2. The van der Waals surface area contributed by atoms with Gasteiger partial charge >= 0.3 is 0 Å². The molecular formula is C12H12ClN3O. The van der Waals surface area contributed by atoms with Crippen LogP contribution in [-0.4, -0.2) is 10.1 Å². The van der Waals surface area contributed by atoms with Crippen LogP contribution < -0.4 is 5.73 Å². The highest BCUT2D eigenvalue weighted by atomic mass is 35.5. The zero-order valence-corrected chi connectivity index (χ0v) is 9.89. The summed E-state index contributed by atoms with van der Waals surface area (Å²) in [5, 5.41) is 4.62. The maximum absolute atomic E-state index is 6.07. The molecule has 1 heterocycles. The van der Waals surface area contributed by atoms with Gasteiger partial charge in [-0.15, -0.1) is 0 Å². The van der Waals surface area contributed by atoms with Gasteiger partial charge in [-0.05, 0) is 30.5 Å². The van der Waals surface area contributed by atoms with E-state index in [0.29, 0.717) is 22.7 Å². The van der Waals surface area contributed by atoms with Gasteiger partial charge < -0.3 is 10.3 Å². The lowest BCUT2D eigenvalue weighted by Crippen LogP contribution is -2.13. The molecule has 5 heteroatoms. The van der Waals surface area contributed by atoms with E-state index in [1.807, 2.05) is 12.1 Å². The van der Waals surface area contributed by atoms with E-state index in [9.17, 15) is 0 Å². The minimum Gasteiger partial charge on any atom is -0.339 e. The molecule has 2 aromatic rings. The molecule has 1 aromatic carbocycles. The minimum absolute atomic E-state index is 0.358. The first kappa shape index (κ1) is 10.7. The van der Waals surface area contributed by atoms with Crippen LogP contribution in [0, 0.1) is 0 Å². The van der Waals surface area contributed by atoms with E-state index in [-0.39, 0.29) is 6.04 Å². The Morgan fingerprint density at radius 3 is 2.65 bits per heavy atom. The first-order valence-electron chi connectivity index (χ1n) is 5.58. The fraction of sp³-hybridized carbons (Fsp3) is 0.333. The Balaban J connectivity index is 1.84. The average molecular weight is 250 g/mol. The number of nitrogens with two attached hydrogens (primary N) is 1. The van der Waals surface area contributed by atoms with E-state index in [4.69, 9.17) is 21.9 Å². The first-order chi connectivity index (χ1) is 8.24. The molecule has 88 valence electrons. The Hall–Kier alpha value is -1.39. The predicted octanol–water partition coefficient (Wildman–Crippen LogP) is 2.65. The van der Waals surface area contributed by atoms with E-state index in [0.717, 1.165) is 18.4 Å². The third kappa shape index (κ3) is 2.18. The fourth-order valence-corrected chi connectivity index (χ4v) is 1.81. The fourth-order valence-electron chi connectivity index (χ4n) is 1.69. The summed E-state index contributed by atoms with van der Waals surface area (Å²) in [6.07, 6.45) is 2.27. The van der Waals surface area contributed by atoms with Gasteiger partial charge in [-0.25, -0.2) is 0 Å². The second kappa shape index (κ2) is 4.13. The van der Waals surface area contributed by atoms with Crippen LogP contribution in [-0.2, 0) is 0 Å². The van der Waals surface area contributed by atoms with Gasteiger partial charge in [-0.1, -0.05) is 28.9 Å². The van der Waals surface area contributed by atoms with Crippen LogP contribution in [0.2, 0.25) is 5.02 Å². The molecule has 0 amide bonds. The molecule has 2 N–H and O–H groups in total. The minimum atomic E-state index is -0.358. The zero-order valence-electron chi connectivity index (χ0n) is 9.14. The van der Waals surface area contributed by atoms with Gasteiger partial charge in [0.05, 0.1) is 6.04 Å². The largest absolute Gasteiger partial charge is 0.339 e. The van der Waals surface area contributed by atoms with E-state index in [2.05, 4.69) is 10.1 Å². The molecule has 0 bridgehead atoms. The van der Waals surface area contributed by atoms with Gasteiger partial charge in [0.25, 0.3) is 0 Å². The standard InChI is InChI=1S/C12H12ClN3O/c13-9-5-3-7(4-6-9)10(14)11-15-12(17-16-11)8-1-2-8/h3-6,8,10H,1-2,14H2. The third-order valence-corrected chi connectivity index (χ3v) is 3.14. The molecule has 17 heavy (non-hydrogen) atoms. The van der Waals surface area contributed by atoms with Crippen molar-refractivity contribution in [2.45, 2.75) is 24.8 Å². The summed E-state index contributed by atoms with van der Waals surface area (Å²) in [6.45, 7) is 0. The molecule has 0 spiro atoms. The number of nitrogens with zero attached hydrogens (tertiary/aromatic N) is 2. The lowest BCUT2D eigenvalue weighted by atomic mass is 10.1. The number of hydrogen-bond acceptors (Lipinski definition) is 4. The Labute approximate surface area is 104 Å². The van der Waals surface area contributed by atoms with Gasteiger partial charge in [0.15, 0.2) is 5.82 Å². The van der Waals surface area contributed by atoms with Crippen LogP contribution in [0.15, 0.2) is 28.8 Å². The predicted molar refractivity (Wildman–Crippen MR) is 63.8 cm³/mol. The topological polar surface area (TPSA) is 64.9 Å². The van der Waals surface area contributed by atoms with E-state index >= 15 is 0 Å². The lowest BCUT2D eigenvalue weighted by Gasteiger charge is -2.06. The molecule has 0 aliphatic heterocycles. The van der Waals surface area contributed by atoms with Gasteiger partial charge in [0, 0.05) is 10.9 Å². The van der Waals surface area contributed by atoms with Crippen molar-refractivity contribution < 1.29 is 4.52 Å². The Morgan fingerprint density at radius 1 is 1.29 bits per heavy atom. The van der Waals surface area contributed by atoms with Crippen LogP contribution in [0.25, 0.3) is 0 Å². The molecule has 0 radical (unpaired) electrons. The van der Waals surface area contributed by atoms with Crippen molar-refractivity contribution in [1.82, 2.24) is 10.1 Å². The van der Waals surface area contributed by atoms with E-state index in [1.165, 1.54) is 0 Å². The van der Waals surface area contributed by atoms with Crippen molar-refractivity contribution in [2.24, 2.45) is 5.73 Å². The molecule has 1 atom stereocenters. The van der Waals surface area contributed by atoms with Crippen LogP contribution in [0.3, 0.4) is 0 Å². The summed E-state index contributed by atoms with van der Waals surface area (Å²) in [5.41, 5.74) is 7.00. The quantitative estimate of drug-likeness (QED) is 0.908. The van der Waals surface area contributed by atoms with Crippen LogP contribution in [0.4, 0.5) is 0 Å². The van der Waals surface area contributed by atoms with E-state index in [1.54, 1.807) is 12.1 Å². The Kier molecular flexibility index (Phi) is 2.61. The second-order valence-corrected chi connectivity index (χ2v) is 4.73. The van der Waals surface area contributed by atoms with Gasteiger partial charge in [-0.3, -0.25) is 0 Å². The lowest BCUT2D eigenvalue weighted by molar-refractivity contribution is 0.372. The summed E-state index contributed by atoms with van der Waals surface area (Å²) < 4.78 is 5.19. The highest BCUT2D eigenvalue weighted by Gasteiger charge is 2.30. The monoisotopic (exact) mass is 249 g/mol. The summed E-state index contributed by atoms with van der Waals surface area (Å²) >= 11 is 5.83. The summed E-state index contributed by atoms with van der Waals surface area (Å²) in [5.74, 6) is 1.70. The van der Waals surface area contributed by atoms with Crippen LogP contribution in [0.1, 0.15) is 42.1 Å². The summed E-state index contributed by atoms with van der Waals surface area (Å²) in [4.78, 5) is 4.34. The molecule has 0 saturated heterocycles. The van der Waals surface area contributed by atoms with Gasteiger partial charge in [0.2, 0.25) is 5.89 Å². The second-order valence-electron chi connectivity index (χ2n) is 4.29. The van der Waals surface area contributed by atoms with E-state index < -0.39 is 0 Å². The van der Waals surface area contributed by atoms with Gasteiger partial charge in [0.1, 0.15) is 0 Å². The molecule has 1 unspecified atom stereocenters. The molecule has 3 rings (SSSR count). The summed E-state index contributed by atoms with van der Waals surface area (Å²) in [6, 6.07) is 7.00. The van der Waals surface area contributed by atoms with Crippen molar-refractivity contribution >= 4 is 11.6 Å². The molecule has 1 aliphatic carbocycles. The third-order valence-electron chi connectivity index (χ3n) is 2.89. The Morgan fingerprint density at radius 2 is 2.00 bits per heavy atom. The number of hydrogen-bond donors (Lipinski definition) is 1. The Bertz CT molecular complexity index is 519. The maximum Gasteiger partial charge on any atom is 0.229 e. The van der Waals surface area contributed by atoms with Crippen LogP contribution in [0.5, 0.6) is 0 Å².